The van der Waals surface area contributed by atoms with Crippen LogP contribution in [-0.2, 0) is 4.74 Å². The topological polar surface area (TPSA) is 21.3 Å². The SMILES string of the molecule is CCCCCCOC(CC)C(CCC)NCC. The van der Waals surface area contributed by atoms with Crippen molar-refractivity contribution in [3.8, 4) is 0 Å². The normalized spacial score (nSPS) is 14.8. The van der Waals surface area contributed by atoms with Crippen molar-refractivity contribution < 1.29 is 4.74 Å². The first-order chi connectivity index (χ1) is 8.29. The molecule has 17 heavy (non-hydrogen) atoms. The molecule has 0 aliphatic heterocycles. The van der Waals surface area contributed by atoms with Crippen molar-refractivity contribution in [2.45, 2.75) is 84.8 Å². The summed E-state index contributed by atoms with van der Waals surface area (Å²) >= 11 is 0. The molecular formula is C15H33NO. The molecule has 0 aromatic heterocycles. The van der Waals surface area contributed by atoms with Gasteiger partial charge in [0.1, 0.15) is 0 Å². The van der Waals surface area contributed by atoms with Gasteiger partial charge in [-0.2, -0.15) is 0 Å². The average molecular weight is 243 g/mol. The second-order valence-electron chi connectivity index (χ2n) is 4.83. The number of nitrogens with one attached hydrogen (secondary N) is 1. The Labute approximate surface area is 109 Å². The van der Waals surface area contributed by atoms with Gasteiger partial charge in [-0.25, -0.2) is 0 Å². The summed E-state index contributed by atoms with van der Waals surface area (Å²) in [5.74, 6) is 0. The lowest BCUT2D eigenvalue weighted by Crippen LogP contribution is -2.41. The Kier molecular flexibility index (Phi) is 12.3. The zero-order valence-electron chi connectivity index (χ0n) is 12.4. The number of likely N-dealkylation sites (N-methyl/N-ethyl adjacent to an activating group) is 1. The van der Waals surface area contributed by atoms with Crippen LogP contribution in [-0.4, -0.2) is 25.3 Å². The zero-order valence-corrected chi connectivity index (χ0v) is 12.4. The maximum Gasteiger partial charge on any atom is 0.0725 e. The molecule has 0 aliphatic rings. The molecule has 0 aliphatic carbocycles. The summed E-state index contributed by atoms with van der Waals surface area (Å²) in [4.78, 5) is 0. The lowest BCUT2D eigenvalue weighted by Gasteiger charge is -2.27. The van der Waals surface area contributed by atoms with Gasteiger partial charge in [-0.3, -0.25) is 0 Å². The van der Waals surface area contributed by atoms with E-state index in [9.17, 15) is 0 Å². The Hall–Kier alpha value is -0.0800. The summed E-state index contributed by atoms with van der Waals surface area (Å²) in [5.41, 5.74) is 0. The molecule has 0 bridgehead atoms. The van der Waals surface area contributed by atoms with Crippen molar-refractivity contribution in [3.05, 3.63) is 0 Å². The molecule has 0 heterocycles. The van der Waals surface area contributed by atoms with E-state index < -0.39 is 0 Å². The van der Waals surface area contributed by atoms with E-state index in [1.165, 1.54) is 38.5 Å². The molecular weight excluding hydrogens is 210 g/mol. The largest absolute Gasteiger partial charge is 0.377 e. The third kappa shape index (κ3) is 8.62. The minimum atomic E-state index is 0.400. The maximum absolute atomic E-state index is 6.04. The zero-order chi connectivity index (χ0) is 12.9. The fourth-order valence-electron chi connectivity index (χ4n) is 2.27. The molecule has 0 aromatic rings. The van der Waals surface area contributed by atoms with Gasteiger partial charge in [0.15, 0.2) is 0 Å². The van der Waals surface area contributed by atoms with E-state index in [0.29, 0.717) is 12.1 Å². The van der Waals surface area contributed by atoms with Crippen molar-refractivity contribution in [2.75, 3.05) is 13.2 Å². The molecule has 0 saturated heterocycles. The Balaban J connectivity index is 3.83. The van der Waals surface area contributed by atoms with E-state index in [4.69, 9.17) is 4.74 Å². The van der Waals surface area contributed by atoms with Crippen LogP contribution in [0.5, 0.6) is 0 Å². The molecule has 0 rings (SSSR count). The van der Waals surface area contributed by atoms with Gasteiger partial charge in [0.25, 0.3) is 0 Å². The summed E-state index contributed by atoms with van der Waals surface area (Å²) in [6.07, 6.45) is 9.14. The van der Waals surface area contributed by atoms with Gasteiger partial charge in [-0.1, -0.05) is 53.4 Å². The van der Waals surface area contributed by atoms with Crippen LogP contribution in [0.1, 0.15) is 72.6 Å². The van der Waals surface area contributed by atoms with Gasteiger partial charge >= 0.3 is 0 Å². The Morgan fingerprint density at radius 3 is 2.24 bits per heavy atom. The number of ether oxygens (including phenoxy) is 1. The molecule has 0 fully saturated rings. The third-order valence-electron chi connectivity index (χ3n) is 3.25. The third-order valence-corrected chi connectivity index (χ3v) is 3.25. The molecule has 0 amide bonds. The van der Waals surface area contributed by atoms with Crippen LogP contribution in [0.2, 0.25) is 0 Å². The summed E-state index contributed by atoms with van der Waals surface area (Å²) in [6.45, 7) is 10.9. The monoisotopic (exact) mass is 243 g/mol. The van der Waals surface area contributed by atoms with Crippen LogP contribution in [0, 0.1) is 0 Å². The van der Waals surface area contributed by atoms with Gasteiger partial charge in [-0.05, 0) is 25.8 Å². The maximum atomic E-state index is 6.04. The van der Waals surface area contributed by atoms with Crippen molar-refractivity contribution in [3.63, 3.8) is 0 Å². The highest BCUT2D eigenvalue weighted by molar-refractivity contribution is 4.75. The minimum Gasteiger partial charge on any atom is -0.377 e. The van der Waals surface area contributed by atoms with Crippen LogP contribution in [0.25, 0.3) is 0 Å². The number of rotatable bonds is 12. The van der Waals surface area contributed by atoms with E-state index in [0.717, 1.165) is 19.6 Å². The first kappa shape index (κ1) is 16.9. The predicted molar refractivity (Wildman–Crippen MR) is 76.5 cm³/mol. The average Bonchev–Trinajstić information content (AvgIpc) is 2.34. The van der Waals surface area contributed by atoms with Gasteiger partial charge in [0, 0.05) is 12.6 Å². The van der Waals surface area contributed by atoms with E-state index in [-0.39, 0.29) is 0 Å². The summed E-state index contributed by atoms with van der Waals surface area (Å²) in [5, 5.41) is 3.56. The lowest BCUT2D eigenvalue weighted by molar-refractivity contribution is 0.0198. The molecule has 0 radical (unpaired) electrons. The standard InChI is InChI=1S/C15H33NO/c1-5-9-10-11-13-17-15(7-3)14(12-6-2)16-8-4/h14-16H,5-13H2,1-4H3. The predicted octanol–water partition coefficient (Wildman–Crippen LogP) is 4.14. The van der Waals surface area contributed by atoms with Crippen LogP contribution in [0.3, 0.4) is 0 Å². The highest BCUT2D eigenvalue weighted by Gasteiger charge is 2.18. The highest BCUT2D eigenvalue weighted by Crippen LogP contribution is 2.11. The molecule has 2 unspecified atom stereocenters. The van der Waals surface area contributed by atoms with Crippen LogP contribution in [0.15, 0.2) is 0 Å². The van der Waals surface area contributed by atoms with E-state index in [1.54, 1.807) is 0 Å². The molecule has 2 nitrogen and oxygen atoms in total. The first-order valence-electron chi connectivity index (χ1n) is 7.64. The van der Waals surface area contributed by atoms with Gasteiger partial charge in [0.2, 0.25) is 0 Å². The Morgan fingerprint density at radius 1 is 0.941 bits per heavy atom. The number of hydrogen-bond acceptors (Lipinski definition) is 2. The molecule has 104 valence electrons. The smallest absolute Gasteiger partial charge is 0.0725 e. The first-order valence-corrected chi connectivity index (χ1v) is 7.64. The van der Waals surface area contributed by atoms with E-state index in [1.807, 2.05) is 0 Å². The van der Waals surface area contributed by atoms with Crippen LogP contribution >= 0.6 is 0 Å². The van der Waals surface area contributed by atoms with Gasteiger partial charge in [-0.15, -0.1) is 0 Å². The molecule has 1 N–H and O–H groups in total. The summed E-state index contributed by atoms with van der Waals surface area (Å²) < 4.78 is 6.04. The number of hydrogen-bond donors (Lipinski definition) is 1. The van der Waals surface area contributed by atoms with Crippen LogP contribution in [0.4, 0.5) is 0 Å². The summed E-state index contributed by atoms with van der Waals surface area (Å²) in [6, 6.07) is 0.543. The van der Waals surface area contributed by atoms with Crippen molar-refractivity contribution in [1.82, 2.24) is 5.32 Å². The van der Waals surface area contributed by atoms with E-state index in [2.05, 4.69) is 33.0 Å². The van der Waals surface area contributed by atoms with Crippen molar-refractivity contribution in [1.29, 1.82) is 0 Å². The lowest BCUT2D eigenvalue weighted by atomic mass is 10.0. The number of unbranched alkanes of at least 4 members (excludes halogenated alkanes) is 3. The van der Waals surface area contributed by atoms with Crippen LogP contribution < -0.4 is 5.32 Å². The molecule has 0 saturated carbocycles. The Morgan fingerprint density at radius 2 is 1.71 bits per heavy atom. The fraction of sp³-hybridized carbons (Fsp3) is 1.00. The highest BCUT2D eigenvalue weighted by atomic mass is 16.5. The molecule has 2 heteroatoms. The van der Waals surface area contributed by atoms with Crippen molar-refractivity contribution >= 4 is 0 Å². The minimum absolute atomic E-state index is 0.400. The summed E-state index contributed by atoms with van der Waals surface area (Å²) in [7, 11) is 0. The molecule has 0 spiro atoms. The van der Waals surface area contributed by atoms with Gasteiger partial charge < -0.3 is 10.1 Å². The Bertz CT molecular complexity index is 144. The molecule has 0 aromatic carbocycles. The second-order valence-corrected chi connectivity index (χ2v) is 4.83. The fourth-order valence-corrected chi connectivity index (χ4v) is 2.27. The van der Waals surface area contributed by atoms with E-state index >= 15 is 0 Å². The second kappa shape index (κ2) is 12.4. The van der Waals surface area contributed by atoms with Crippen molar-refractivity contribution in [2.24, 2.45) is 0 Å². The molecule has 2 atom stereocenters. The van der Waals surface area contributed by atoms with Gasteiger partial charge in [0.05, 0.1) is 6.10 Å². The quantitative estimate of drug-likeness (QED) is 0.520.